The van der Waals surface area contributed by atoms with E-state index in [9.17, 15) is 4.79 Å². The van der Waals surface area contributed by atoms with E-state index in [4.69, 9.17) is 19.3 Å². The molecule has 0 spiro atoms. The Morgan fingerprint density at radius 1 is 1.46 bits per heavy atom. The number of carboxylic acid groups (broad SMARTS) is 1. The van der Waals surface area contributed by atoms with Crippen LogP contribution in [0.1, 0.15) is 23.3 Å². The summed E-state index contributed by atoms with van der Waals surface area (Å²) in [6, 6.07) is 7.06. The van der Waals surface area contributed by atoms with Gasteiger partial charge in [0.2, 0.25) is 0 Å². The van der Waals surface area contributed by atoms with Gasteiger partial charge in [0.15, 0.2) is 17.2 Å². The van der Waals surface area contributed by atoms with E-state index >= 15 is 0 Å². The molecular weight excluding hydrogens is 312 g/mol. The SMILES string of the molecule is COc1c(OC2CCCOC2)cccc1-c1cc(C(=O)O)nn1C. The molecule has 1 aromatic carbocycles. The molecular formula is C17H20N2O5. The molecule has 7 heteroatoms. The van der Waals surface area contributed by atoms with E-state index in [-0.39, 0.29) is 11.8 Å². The number of methoxy groups -OCH3 is 1. The van der Waals surface area contributed by atoms with Crippen molar-refractivity contribution >= 4 is 5.97 Å². The van der Waals surface area contributed by atoms with Crippen molar-refractivity contribution in [3.05, 3.63) is 30.0 Å². The number of hydrogen-bond donors (Lipinski definition) is 1. The summed E-state index contributed by atoms with van der Waals surface area (Å²) in [6.07, 6.45) is 1.89. The fraction of sp³-hybridized carbons (Fsp3) is 0.412. The monoisotopic (exact) mass is 332 g/mol. The number of nitrogens with zero attached hydrogens (tertiary/aromatic N) is 2. The maximum atomic E-state index is 11.1. The van der Waals surface area contributed by atoms with Crippen molar-refractivity contribution < 1.29 is 24.1 Å². The summed E-state index contributed by atoms with van der Waals surface area (Å²) in [5.41, 5.74) is 1.37. The van der Waals surface area contributed by atoms with Gasteiger partial charge in [-0.3, -0.25) is 4.68 Å². The lowest BCUT2D eigenvalue weighted by Gasteiger charge is -2.24. The molecule has 1 atom stereocenters. The van der Waals surface area contributed by atoms with Gasteiger partial charge < -0.3 is 19.3 Å². The van der Waals surface area contributed by atoms with E-state index < -0.39 is 5.97 Å². The predicted octanol–water partition coefficient (Wildman–Crippen LogP) is 2.35. The Morgan fingerprint density at radius 3 is 2.92 bits per heavy atom. The number of rotatable bonds is 5. The topological polar surface area (TPSA) is 82.8 Å². The Morgan fingerprint density at radius 2 is 2.29 bits per heavy atom. The Kier molecular flexibility index (Phi) is 4.71. The Balaban J connectivity index is 1.96. The van der Waals surface area contributed by atoms with Crippen LogP contribution in [0, 0.1) is 0 Å². The Labute approximate surface area is 139 Å². The third kappa shape index (κ3) is 3.21. The molecule has 1 N–H and O–H groups in total. The standard InChI is InChI=1S/C17H20N2O5/c1-19-14(9-13(18-19)17(20)21)12-6-3-7-15(16(12)22-2)24-11-5-4-8-23-10-11/h3,6-7,9,11H,4-5,8,10H2,1-2H3,(H,20,21). The molecule has 24 heavy (non-hydrogen) atoms. The van der Waals surface area contributed by atoms with Crippen molar-refractivity contribution in [1.29, 1.82) is 0 Å². The fourth-order valence-corrected chi connectivity index (χ4v) is 2.83. The third-order valence-electron chi connectivity index (χ3n) is 3.97. The van der Waals surface area contributed by atoms with Gasteiger partial charge in [-0.2, -0.15) is 5.10 Å². The lowest BCUT2D eigenvalue weighted by molar-refractivity contribution is 0.00647. The van der Waals surface area contributed by atoms with Crippen LogP contribution in [0.15, 0.2) is 24.3 Å². The highest BCUT2D eigenvalue weighted by Crippen LogP contribution is 2.39. The van der Waals surface area contributed by atoms with Crippen LogP contribution in [0.5, 0.6) is 11.5 Å². The summed E-state index contributed by atoms with van der Waals surface area (Å²) in [7, 11) is 3.27. The van der Waals surface area contributed by atoms with Crippen molar-refractivity contribution in [3.8, 4) is 22.8 Å². The molecule has 1 aliphatic heterocycles. The molecule has 3 rings (SSSR count). The van der Waals surface area contributed by atoms with Crippen LogP contribution in [-0.4, -0.2) is 47.3 Å². The van der Waals surface area contributed by atoms with Crippen LogP contribution in [0.25, 0.3) is 11.3 Å². The summed E-state index contributed by atoms with van der Waals surface area (Å²) in [4.78, 5) is 11.1. The molecule has 1 aliphatic rings. The van der Waals surface area contributed by atoms with Crippen LogP contribution in [0.2, 0.25) is 0 Å². The number of hydrogen-bond acceptors (Lipinski definition) is 5. The second-order valence-electron chi connectivity index (χ2n) is 5.64. The predicted molar refractivity (Wildman–Crippen MR) is 86.6 cm³/mol. The largest absolute Gasteiger partial charge is 0.492 e. The minimum Gasteiger partial charge on any atom is -0.492 e. The van der Waals surface area contributed by atoms with Crippen LogP contribution < -0.4 is 9.47 Å². The zero-order valence-electron chi connectivity index (χ0n) is 13.7. The van der Waals surface area contributed by atoms with E-state index in [1.165, 1.54) is 10.7 Å². The number of benzene rings is 1. The minimum atomic E-state index is -1.07. The number of para-hydroxylation sites is 1. The summed E-state index contributed by atoms with van der Waals surface area (Å²) in [5, 5.41) is 13.1. The number of aromatic nitrogens is 2. The van der Waals surface area contributed by atoms with Gasteiger partial charge in [-0.05, 0) is 31.0 Å². The number of ether oxygens (including phenoxy) is 3. The summed E-state index contributed by atoms with van der Waals surface area (Å²) < 4.78 is 18.5. The number of carbonyl (C=O) groups is 1. The summed E-state index contributed by atoms with van der Waals surface area (Å²) in [6.45, 7) is 1.33. The zero-order valence-corrected chi connectivity index (χ0v) is 13.7. The van der Waals surface area contributed by atoms with Gasteiger partial charge >= 0.3 is 5.97 Å². The van der Waals surface area contributed by atoms with Gasteiger partial charge in [-0.1, -0.05) is 6.07 Å². The highest BCUT2D eigenvalue weighted by Gasteiger charge is 2.21. The van der Waals surface area contributed by atoms with Gasteiger partial charge in [0.25, 0.3) is 0 Å². The molecule has 0 aliphatic carbocycles. The molecule has 1 aromatic heterocycles. The second-order valence-corrected chi connectivity index (χ2v) is 5.64. The van der Waals surface area contributed by atoms with Crippen LogP contribution in [0.4, 0.5) is 0 Å². The zero-order chi connectivity index (χ0) is 17.1. The first-order chi connectivity index (χ1) is 11.6. The molecule has 1 unspecified atom stereocenters. The van der Waals surface area contributed by atoms with Crippen molar-refractivity contribution in [2.24, 2.45) is 7.05 Å². The lowest BCUT2D eigenvalue weighted by atomic mass is 10.1. The smallest absolute Gasteiger partial charge is 0.356 e. The van der Waals surface area contributed by atoms with Crippen molar-refractivity contribution in [3.63, 3.8) is 0 Å². The first-order valence-corrected chi connectivity index (χ1v) is 7.79. The highest BCUT2D eigenvalue weighted by atomic mass is 16.5. The average Bonchev–Trinajstić information content (AvgIpc) is 2.97. The molecule has 2 heterocycles. The molecule has 128 valence electrons. The van der Waals surface area contributed by atoms with Gasteiger partial charge in [-0.25, -0.2) is 4.79 Å². The maximum absolute atomic E-state index is 11.1. The van der Waals surface area contributed by atoms with E-state index in [0.717, 1.165) is 25.0 Å². The lowest BCUT2D eigenvalue weighted by Crippen LogP contribution is -2.28. The third-order valence-corrected chi connectivity index (χ3v) is 3.97. The first-order valence-electron chi connectivity index (χ1n) is 7.79. The molecule has 1 fully saturated rings. The molecule has 0 saturated carbocycles. The first kappa shape index (κ1) is 16.3. The van der Waals surface area contributed by atoms with E-state index in [2.05, 4.69) is 5.10 Å². The van der Waals surface area contributed by atoms with Gasteiger partial charge in [0.1, 0.15) is 6.10 Å². The van der Waals surface area contributed by atoms with Gasteiger partial charge in [0.05, 0.1) is 19.4 Å². The Hall–Kier alpha value is -2.54. The van der Waals surface area contributed by atoms with Gasteiger partial charge in [-0.15, -0.1) is 0 Å². The van der Waals surface area contributed by atoms with Crippen molar-refractivity contribution in [2.45, 2.75) is 18.9 Å². The normalized spacial score (nSPS) is 17.5. The average molecular weight is 332 g/mol. The van der Waals surface area contributed by atoms with Crippen molar-refractivity contribution in [1.82, 2.24) is 9.78 Å². The highest BCUT2D eigenvalue weighted by molar-refractivity contribution is 5.87. The molecule has 0 amide bonds. The van der Waals surface area contributed by atoms with Crippen LogP contribution in [-0.2, 0) is 11.8 Å². The summed E-state index contributed by atoms with van der Waals surface area (Å²) in [5.74, 6) is 0.106. The molecule has 0 radical (unpaired) electrons. The number of aromatic carboxylic acids is 1. The van der Waals surface area contributed by atoms with E-state index in [0.29, 0.717) is 23.8 Å². The van der Waals surface area contributed by atoms with Gasteiger partial charge in [0, 0.05) is 19.2 Å². The summed E-state index contributed by atoms with van der Waals surface area (Å²) >= 11 is 0. The number of aryl methyl sites for hydroxylation is 1. The molecule has 7 nitrogen and oxygen atoms in total. The minimum absolute atomic E-state index is 0.0102. The fourth-order valence-electron chi connectivity index (χ4n) is 2.83. The molecule has 1 saturated heterocycles. The molecule has 0 bridgehead atoms. The quantitative estimate of drug-likeness (QED) is 0.905. The van der Waals surface area contributed by atoms with E-state index in [1.54, 1.807) is 14.2 Å². The second kappa shape index (κ2) is 6.92. The number of carboxylic acids is 1. The Bertz CT molecular complexity index is 735. The van der Waals surface area contributed by atoms with Crippen molar-refractivity contribution in [2.75, 3.05) is 20.3 Å². The van der Waals surface area contributed by atoms with E-state index in [1.807, 2.05) is 18.2 Å². The van der Waals surface area contributed by atoms with Crippen LogP contribution >= 0.6 is 0 Å². The molecule has 2 aromatic rings. The maximum Gasteiger partial charge on any atom is 0.356 e. The van der Waals surface area contributed by atoms with Crippen LogP contribution in [0.3, 0.4) is 0 Å².